The fraction of sp³-hybridized carbons (Fsp3) is 0.556. The summed E-state index contributed by atoms with van der Waals surface area (Å²) in [4.78, 5) is 2.03. The van der Waals surface area contributed by atoms with Crippen LogP contribution in [0, 0.1) is 12.7 Å². The molecule has 0 saturated heterocycles. The molecule has 0 bridgehead atoms. The van der Waals surface area contributed by atoms with Crippen LogP contribution in [0.15, 0.2) is 0 Å². The van der Waals surface area contributed by atoms with Crippen LogP contribution in [0.1, 0.15) is 21.7 Å². The molecular formula is C9H13ClFNS. The zero-order valence-corrected chi connectivity index (χ0v) is 9.10. The van der Waals surface area contributed by atoms with E-state index in [1.807, 2.05) is 6.92 Å². The molecule has 1 aliphatic carbocycles. The van der Waals surface area contributed by atoms with Crippen molar-refractivity contribution in [2.75, 3.05) is 0 Å². The van der Waals surface area contributed by atoms with E-state index in [9.17, 15) is 4.39 Å². The Labute approximate surface area is 87.5 Å². The van der Waals surface area contributed by atoms with Crippen molar-refractivity contribution in [2.24, 2.45) is 5.73 Å². The summed E-state index contributed by atoms with van der Waals surface area (Å²) in [6, 6.07) is 0.168. The molecule has 1 heterocycles. The molecule has 13 heavy (non-hydrogen) atoms. The summed E-state index contributed by atoms with van der Waals surface area (Å²) in [5.41, 5.74) is 6.65. The molecule has 1 aromatic heterocycles. The quantitative estimate of drug-likeness (QED) is 0.716. The average molecular weight is 222 g/mol. The third kappa shape index (κ3) is 1.87. The lowest BCUT2D eigenvalue weighted by atomic mass is 9.95. The van der Waals surface area contributed by atoms with Gasteiger partial charge in [-0.15, -0.1) is 23.7 Å². The van der Waals surface area contributed by atoms with Gasteiger partial charge in [0.15, 0.2) is 0 Å². The minimum atomic E-state index is -0.00912. The van der Waals surface area contributed by atoms with Crippen molar-refractivity contribution in [1.82, 2.24) is 0 Å². The number of aryl methyl sites for hydroxylation is 2. The Bertz CT molecular complexity index is 311. The van der Waals surface area contributed by atoms with E-state index in [1.54, 1.807) is 11.3 Å². The van der Waals surface area contributed by atoms with Gasteiger partial charge in [-0.1, -0.05) is 0 Å². The normalized spacial score (nSPS) is 20.7. The van der Waals surface area contributed by atoms with E-state index in [-0.39, 0.29) is 24.3 Å². The molecule has 0 fully saturated rings. The highest BCUT2D eigenvalue weighted by Gasteiger charge is 2.22. The van der Waals surface area contributed by atoms with Gasteiger partial charge in [-0.2, -0.15) is 0 Å². The molecule has 0 radical (unpaired) electrons. The van der Waals surface area contributed by atoms with Crippen molar-refractivity contribution in [2.45, 2.75) is 32.2 Å². The lowest BCUT2D eigenvalue weighted by Crippen LogP contribution is -2.27. The van der Waals surface area contributed by atoms with Crippen molar-refractivity contribution in [3.63, 3.8) is 0 Å². The Morgan fingerprint density at radius 3 is 2.92 bits per heavy atom. The van der Waals surface area contributed by atoms with Crippen LogP contribution < -0.4 is 5.73 Å². The first kappa shape index (κ1) is 11.0. The fourth-order valence-electron chi connectivity index (χ4n) is 1.71. The molecule has 1 atom stereocenters. The Kier molecular flexibility index (Phi) is 3.33. The molecule has 1 unspecified atom stereocenters. The Hall–Kier alpha value is -0.120. The van der Waals surface area contributed by atoms with E-state index < -0.39 is 0 Å². The van der Waals surface area contributed by atoms with Gasteiger partial charge in [-0.25, -0.2) is 4.39 Å². The van der Waals surface area contributed by atoms with Gasteiger partial charge >= 0.3 is 0 Å². The van der Waals surface area contributed by atoms with Gasteiger partial charge in [0.25, 0.3) is 0 Å². The molecule has 1 aromatic rings. The second-order valence-electron chi connectivity index (χ2n) is 3.38. The first-order valence-corrected chi connectivity index (χ1v) is 5.02. The second kappa shape index (κ2) is 3.95. The number of fused-ring (bicyclic) bond motifs is 1. The van der Waals surface area contributed by atoms with Crippen LogP contribution in [0.4, 0.5) is 4.39 Å². The zero-order valence-electron chi connectivity index (χ0n) is 7.47. The first-order chi connectivity index (χ1) is 5.68. The lowest BCUT2D eigenvalue weighted by Gasteiger charge is -2.17. The van der Waals surface area contributed by atoms with Crippen LogP contribution in [0.5, 0.6) is 0 Å². The van der Waals surface area contributed by atoms with Gasteiger partial charge in [0.1, 0.15) is 5.82 Å². The van der Waals surface area contributed by atoms with E-state index >= 15 is 0 Å². The predicted octanol–water partition coefficient (Wildman–Crippen LogP) is 2.43. The molecule has 0 aromatic carbocycles. The standard InChI is InChI=1S/C9H12FNS.ClH/c1-5-9(10)7-4-6(11)2-3-8(7)12-5;/h6H,2-4,11H2,1H3;1H. The first-order valence-electron chi connectivity index (χ1n) is 4.20. The van der Waals surface area contributed by atoms with E-state index in [2.05, 4.69) is 0 Å². The highest BCUT2D eigenvalue weighted by atomic mass is 35.5. The molecule has 1 aliphatic rings. The van der Waals surface area contributed by atoms with Gasteiger partial charge in [-0.3, -0.25) is 0 Å². The van der Waals surface area contributed by atoms with Gasteiger partial charge in [0, 0.05) is 21.4 Å². The van der Waals surface area contributed by atoms with Crippen molar-refractivity contribution in [3.05, 3.63) is 21.1 Å². The van der Waals surface area contributed by atoms with Crippen molar-refractivity contribution in [3.8, 4) is 0 Å². The predicted molar refractivity (Wildman–Crippen MR) is 56.3 cm³/mol. The van der Waals surface area contributed by atoms with Crippen LogP contribution in [-0.2, 0) is 12.8 Å². The molecule has 2 N–H and O–H groups in total. The van der Waals surface area contributed by atoms with Crippen molar-refractivity contribution < 1.29 is 4.39 Å². The second-order valence-corrected chi connectivity index (χ2v) is 4.69. The van der Waals surface area contributed by atoms with Crippen LogP contribution in [0.2, 0.25) is 0 Å². The van der Waals surface area contributed by atoms with Gasteiger partial charge in [-0.05, 0) is 26.2 Å². The Morgan fingerprint density at radius 2 is 2.23 bits per heavy atom. The zero-order chi connectivity index (χ0) is 8.72. The van der Waals surface area contributed by atoms with Crippen LogP contribution in [0.3, 0.4) is 0 Å². The molecule has 0 aliphatic heterocycles. The Morgan fingerprint density at radius 1 is 1.54 bits per heavy atom. The van der Waals surface area contributed by atoms with E-state index in [0.29, 0.717) is 0 Å². The van der Waals surface area contributed by atoms with E-state index in [1.165, 1.54) is 4.88 Å². The van der Waals surface area contributed by atoms with Gasteiger partial charge in [0.2, 0.25) is 0 Å². The molecule has 2 rings (SSSR count). The molecule has 0 spiro atoms. The van der Waals surface area contributed by atoms with Crippen molar-refractivity contribution >= 4 is 23.7 Å². The number of nitrogens with two attached hydrogens (primary N) is 1. The third-order valence-electron chi connectivity index (χ3n) is 2.40. The number of halogens is 2. The summed E-state index contributed by atoms with van der Waals surface area (Å²) in [6.45, 7) is 1.84. The summed E-state index contributed by atoms with van der Waals surface area (Å²) in [5, 5.41) is 0. The summed E-state index contributed by atoms with van der Waals surface area (Å²) < 4.78 is 13.4. The maximum atomic E-state index is 13.4. The monoisotopic (exact) mass is 221 g/mol. The number of hydrogen-bond donors (Lipinski definition) is 1. The summed E-state index contributed by atoms with van der Waals surface area (Å²) in [5.74, 6) is -0.00912. The number of hydrogen-bond acceptors (Lipinski definition) is 2. The summed E-state index contributed by atoms with van der Waals surface area (Å²) >= 11 is 1.59. The van der Waals surface area contributed by atoms with E-state index in [0.717, 1.165) is 29.7 Å². The lowest BCUT2D eigenvalue weighted by molar-refractivity contribution is 0.542. The highest BCUT2D eigenvalue weighted by molar-refractivity contribution is 7.12. The van der Waals surface area contributed by atoms with Gasteiger partial charge < -0.3 is 5.73 Å². The fourth-order valence-corrected chi connectivity index (χ4v) is 2.81. The van der Waals surface area contributed by atoms with Crippen molar-refractivity contribution in [1.29, 1.82) is 0 Å². The smallest absolute Gasteiger partial charge is 0.140 e. The molecule has 1 nitrogen and oxygen atoms in total. The molecule has 0 amide bonds. The molecule has 74 valence electrons. The van der Waals surface area contributed by atoms with E-state index in [4.69, 9.17) is 5.73 Å². The van der Waals surface area contributed by atoms with Crippen LogP contribution >= 0.6 is 23.7 Å². The largest absolute Gasteiger partial charge is 0.327 e. The maximum Gasteiger partial charge on any atom is 0.140 e. The molecule has 0 saturated carbocycles. The minimum Gasteiger partial charge on any atom is -0.327 e. The summed E-state index contributed by atoms with van der Waals surface area (Å²) in [7, 11) is 0. The van der Waals surface area contributed by atoms with Gasteiger partial charge in [0.05, 0.1) is 0 Å². The Balaban J connectivity index is 0.000000845. The molecular weight excluding hydrogens is 209 g/mol. The summed E-state index contributed by atoms with van der Waals surface area (Å²) in [6.07, 6.45) is 2.70. The minimum absolute atomic E-state index is 0. The SMILES string of the molecule is Cc1sc2c(c1F)CC(N)CC2.Cl. The average Bonchev–Trinajstić information content (AvgIpc) is 2.31. The molecule has 4 heteroatoms. The van der Waals surface area contributed by atoms with Crippen LogP contribution in [-0.4, -0.2) is 6.04 Å². The van der Waals surface area contributed by atoms with Crippen LogP contribution in [0.25, 0.3) is 0 Å². The number of thiophene rings is 1. The third-order valence-corrected chi connectivity index (χ3v) is 3.58. The maximum absolute atomic E-state index is 13.4. The highest BCUT2D eigenvalue weighted by Crippen LogP contribution is 2.32. The number of rotatable bonds is 0. The topological polar surface area (TPSA) is 26.0 Å².